The number of rotatable bonds is 3. The first-order valence-corrected chi connectivity index (χ1v) is 5.37. The second kappa shape index (κ2) is 5.43. The third-order valence-electron chi connectivity index (χ3n) is 2.36. The zero-order valence-corrected chi connectivity index (χ0v) is 9.98. The van der Waals surface area contributed by atoms with Gasteiger partial charge in [-0.15, -0.1) is 0 Å². The van der Waals surface area contributed by atoms with E-state index < -0.39 is 17.7 Å². The van der Waals surface area contributed by atoms with Gasteiger partial charge in [-0.2, -0.15) is 4.39 Å². The largest absolute Gasteiger partial charge is 0.494 e. The number of carbonyl (C=O) groups excluding carboxylic acids is 1. The molecule has 0 spiro atoms. The van der Waals surface area contributed by atoms with Gasteiger partial charge in [-0.1, -0.05) is 6.07 Å². The van der Waals surface area contributed by atoms with Crippen LogP contribution in [-0.4, -0.2) is 18.0 Å². The lowest BCUT2D eigenvalue weighted by Gasteiger charge is -2.09. The summed E-state index contributed by atoms with van der Waals surface area (Å²) in [6.07, 6.45) is 0. The minimum Gasteiger partial charge on any atom is -0.494 e. The topological polar surface area (TPSA) is 51.2 Å². The number of ether oxygens (including phenoxy) is 1. The van der Waals surface area contributed by atoms with Crippen molar-refractivity contribution in [1.29, 1.82) is 0 Å². The highest BCUT2D eigenvalue weighted by atomic mass is 19.1. The van der Waals surface area contributed by atoms with Gasteiger partial charge >= 0.3 is 0 Å². The molecule has 1 aromatic carbocycles. The molecule has 0 aliphatic carbocycles. The number of amides is 1. The average Bonchev–Trinajstić information content (AvgIpc) is 2.40. The van der Waals surface area contributed by atoms with E-state index in [1.165, 1.54) is 31.4 Å². The van der Waals surface area contributed by atoms with E-state index >= 15 is 0 Å². The van der Waals surface area contributed by atoms with Crippen molar-refractivity contribution < 1.29 is 18.3 Å². The molecule has 0 aliphatic rings. The number of pyridine rings is 1. The van der Waals surface area contributed by atoms with Gasteiger partial charge in [0.1, 0.15) is 17.3 Å². The molecule has 0 bridgehead atoms. The normalized spacial score (nSPS) is 10.1. The predicted molar refractivity (Wildman–Crippen MR) is 65.1 cm³/mol. The van der Waals surface area contributed by atoms with Crippen LogP contribution in [0.2, 0.25) is 0 Å². The highest BCUT2D eigenvalue weighted by Crippen LogP contribution is 2.25. The highest BCUT2D eigenvalue weighted by molar-refractivity contribution is 6.03. The van der Waals surface area contributed by atoms with Crippen molar-refractivity contribution >= 4 is 11.6 Å². The fourth-order valence-electron chi connectivity index (χ4n) is 1.49. The number of hydrogen-bond donors (Lipinski definition) is 1. The quantitative estimate of drug-likeness (QED) is 0.867. The molecule has 1 N–H and O–H groups in total. The SMILES string of the molecule is COc1cc(F)ccc1NC(=O)c1cccc(F)n1. The van der Waals surface area contributed by atoms with E-state index in [0.717, 1.165) is 12.1 Å². The summed E-state index contributed by atoms with van der Waals surface area (Å²) >= 11 is 0. The van der Waals surface area contributed by atoms with Gasteiger partial charge in [0.15, 0.2) is 0 Å². The Morgan fingerprint density at radius 1 is 1.26 bits per heavy atom. The molecule has 0 radical (unpaired) electrons. The molecule has 6 heteroatoms. The van der Waals surface area contributed by atoms with E-state index in [2.05, 4.69) is 10.3 Å². The van der Waals surface area contributed by atoms with Crippen LogP contribution in [-0.2, 0) is 0 Å². The summed E-state index contributed by atoms with van der Waals surface area (Å²) < 4.78 is 30.8. The number of hydrogen-bond acceptors (Lipinski definition) is 3. The second-order valence-corrected chi connectivity index (χ2v) is 3.64. The lowest BCUT2D eigenvalue weighted by molar-refractivity contribution is 0.102. The van der Waals surface area contributed by atoms with Crippen molar-refractivity contribution in [3.63, 3.8) is 0 Å². The Kier molecular flexibility index (Phi) is 3.70. The Morgan fingerprint density at radius 2 is 2.05 bits per heavy atom. The Bertz CT molecular complexity index is 617. The third kappa shape index (κ3) is 3.04. The molecule has 0 unspecified atom stereocenters. The maximum absolute atomic E-state index is 13.0. The molecule has 4 nitrogen and oxygen atoms in total. The number of carbonyl (C=O) groups is 1. The van der Waals surface area contributed by atoms with Crippen molar-refractivity contribution in [3.05, 3.63) is 53.9 Å². The highest BCUT2D eigenvalue weighted by Gasteiger charge is 2.12. The van der Waals surface area contributed by atoms with Gasteiger partial charge in [-0.05, 0) is 24.3 Å². The van der Waals surface area contributed by atoms with E-state index in [4.69, 9.17) is 4.74 Å². The summed E-state index contributed by atoms with van der Waals surface area (Å²) in [5.41, 5.74) is 0.200. The van der Waals surface area contributed by atoms with Gasteiger partial charge in [0.05, 0.1) is 12.8 Å². The zero-order valence-electron chi connectivity index (χ0n) is 9.98. The molecule has 2 aromatic rings. The number of nitrogens with zero attached hydrogens (tertiary/aromatic N) is 1. The lowest BCUT2D eigenvalue weighted by atomic mass is 10.2. The standard InChI is InChI=1S/C13H10F2N2O2/c1-19-11-7-8(14)5-6-9(11)17-13(18)10-3-2-4-12(15)16-10/h2-7H,1H3,(H,17,18). The van der Waals surface area contributed by atoms with E-state index in [9.17, 15) is 13.6 Å². The summed E-state index contributed by atoms with van der Waals surface area (Å²) in [4.78, 5) is 15.3. The first kappa shape index (κ1) is 12.9. The van der Waals surface area contributed by atoms with E-state index in [1.54, 1.807) is 0 Å². The van der Waals surface area contributed by atoms with Crippen LogP contribution in [0.4, 0.5) is 14.5 Å². The summed E-state index contributed by atoms with van der Waals surface area (Å²) in [7, 11) is 1.35. The van der Waals surface area contributed by atoms with Crippen molar-refractivity contribution in [3.8, 4) is 5.75 Å². The number of anilines is 1. The van der Waals surface area contributed by atoms with Crippen LogP contribution < -0.4 is 10.1 Å². The van der Waals surface area contributed by atoms with E-state index in [-0.39, 0.29) is 17.1 Å². The zero-order chi connectivity index (χ0) is 13.8. The molecule has 0 fully saturated rings. The molecule has 0 saturated heterocycles. The molecule has 0 aliphatic heterocycles. The van der Waals surface area contributed by atoms with Gasteiger partial charge in [0.2, 0.25) is 5.95 Å². The van der Waals surface area contributed by atoms with Gasteiger partial charge in [-0.25, -0.2) is 9.37 Å². The minimum absolute atomic E-state index is 0.0774. The molecule has 1 heterocycles. The van der Waals surface area contributed by atoms with Crippen LogP contribution in [0.25, 0.3) is 0 Å². The van der Waals surface area contributed by atoms with Crippen LogP contribution in [0.5, 0.6) is 5.75 Å². The van der Waals surface area contributed by atoms with Gasteiger partial charge < -0.3 is 10.1 Å². The van der Waals surface area contributed by atoms with Crippen molar-refractivity contribution in [1.82, 2.24) is 4.98 Å². The maximum Gasteiger partial charge on any atom is 0.274 e. The van der Waals surface area contributed by atoms with Crippen LogP contribution in [0.15, 0.2) is 36.4 Å². The number of halogens is 2. The lowest BCUT2D eigenvalue weighted by Crippen LogP contribution is -2.14. The monoisotopic (exact) mass is 264 g/mol. The molecular formula is C13H10F2N2O2. The predicted octanol–water partition coefficient (Wildman–Crippen LogP) is 2.62. The molecular weight excluding hydrogens is 254 g/mol. The van der Waals surface area contributed by atoms with E-state index in [0.29, 0.717) is 0 Å². The van der Waals surface area contributed by atoms with E-state index in [1.807, 2.05) is 0 Å². The molecule has 0 atom stereocenters. The molecule has 98 valence electrons. The first-order valence-electron chi connectivity index (χ1n) is 5.37. The summed E-state index contributed by atoms with van der Waals surface area (Å²) in [6.45, 7) is 0. The smallest absolute Gasteiger partial charge is 0.274 e. The Labute approximate surface area is 108 Å². The van der Waals surface area contributed by atoms with Gasteiger partial charge in [0.25, 0.3) is 5.91 Å². The Morgan fingerprint density at radius 3 is 2.74 bits per heavy atom. The average molecular weight is 264 g/mol. The van der Waals surface area contributed by atoms with Gasteiger partial charge in [0, 0.05) is 6.07 Å². The maximum atomic E-state index is 13.0. The summed E-state index contributed by atoms with van der Waals surface area (Å²) in [5.74, 6) is -1.67. The first-order chi connectivity index (χ1) is 9.10. The molecule has 0 saturated carbocycles. The van der Waals surface area contributed by atoms with Crippen LogP contribution in [0, 0.1) is 11.8 Å². The molecule has 1 aromatic heterocycles. The molecule has 19 heavy (non-hydrogen) atoms. The van der Waals surface area contributed by atoms with Crippen molar-refractivity contribution in [2.75, 3.05) is 12.4 Å². The number of aromatic nitrogens is 1. The number of methoxy groups -OCH3 is 1. The fraction of sp³-hybridized carbons (Fsp3) is 0.0769. The molecule has 1 amide bonds. The van der Waals surface area contributed by atoms with Gasteiger partial charge in [-0.3, -0.25) is 4.79 Å². The Hall–Kier alpha value is -2.50. The minimum atomic E-state index is -0.751. The number of nitrogens with one attached hydrogen (secondary N) is 1. The fourth-order valence-corrected chi connectivity index (χ4v) is 1.49. The second-order valence-electron chi connectivity index (χ2n) is 3.64. The Balaban J connectivity index is 2.24. The van der Waals surface area contributed by atoms with Crippen LogP contribution >= 0.6 is 0 Å². The number of benzene rings is 1. The third-order valence-corrected chi connectivity index (χ3v) is 2.36. The van der Waals surface area contributed by atoms with Crippen molar-refractivity contribution in [2.45, 2.75) is 0 Å². The van der Waals surface area contributed by atoms with Crippen molar-refractivity contribution in [2.24, 2.45) is 0 Å². The van der Waals surface area contributed by atoms with Crippen LogP contribution in [0.1, 0.15) is 10.5 Å². The summed E-state index contributed by atoms with van der Waals surface area (Å²) in [6, 6.07) is 7.54. The van der Waals surface area contributed by atoms with Crippen LogP contribution in [0.3, 0.4) is 0 Å². The summed E-state index contributed by atoms with van der Waals surface area (Å²) in [5, 5.41) is 2.47. The molecule has 2 rings (SSSR count).